The summed E-state index contributed by atoms with van der Waals surface area (Å²) in [5.74, 6) is -5.30. The first kappa shape index (κ1) is 14.5. The molecular formula is C12H14F3NO2. The zero-order valence-electron chi connectivity index (χ0n) is 9.84. The highest BCUT2D eigenvalue weighted by Gasteiger charge is 2.19. The zero-order chi connectivity index (χ0) is 13.7. The molecule has 0 aliphatic heterocycles. The van der Waals surface area contributed by atoms with E-state index >= 15 is 0 Å². The highest BCUT2D eigenvalue weighted by molar-refractivity contribution is 5.94. The second-order valence-electron chi connectivity index (χ2n) is 3.96. The van der Waals surface area contributed by atoms with Crippen molar-refractivity contribution in [1.29, 1.82) is 0 Å². The van der Waals surface area contributed by atoms with Gasteiger partial charge in [-0.25, -0.2) is 13.2 Å². The predicted molar refractivity (Wildman–Crippen MR) is 59.6 cm³/mol. The van der Waals surface area contributed by atoms with Crippen LogP contribution in [-0.2, 0) is 0 Å². The maximum Gasteiger partial charge on any atom is 0.254 e. The number of carbonyl (C=O) groups is 1. The van der Waals surface area contributed by atoms with Gasteiger partial charge in [0.2, 0.25) is 0 Å². The predicted octanol–water partition coefficient (Wildman–Crippen LogP) is 1.99. The molecule has 0 aromatic heterocycles. The van der Waals surface area contributed by atoms with Gasteiger partial charge in [0.15, 0.2) is 17.5 Å². The molecule has 0 saturated heterocycles. The maximum absolute atomic E-state index is 13.3. The van der Waals surface area contributed by atoms with Gasteiger partial charge < -0.3 is 10.4 Å². The van der Waals surface area contributed by atoms with Crippen molar-refractivity contribution < 1.29 is 23.1 Å². The van der Waals surface area contributed by atoms with E-state index in [0.717, 1.165) is 6.07 Å². The summed E-state index contributed by atoms with van der Waals surface area (Å²) in [7, 11) is 0. The number of aliphatic hydroxyl groups is 1. The van der Waals surface area contributed by atoms with Crippen molar-refractivity contribution in [1.82, 2.24) is 5.32 Å². The lowest BCUT2D eigenvalue weighted by Crippen LogP contribution is -2.33. The van der Waals surface area contributed by atoms with E-state index in [0.29, 0.717) is 18.9 Å². The lowest BCUT2D eigenvalue weighted by atomic mass is 10.1. The van der Waals surface area contributed by atoms with Crippen LogP contribution in [0.5, 0.6) is 0 Å². The lowest BCUT2D eigenvalue weighted by molar-refractivity contribution is 0.0931. The molecule has 0 aliphatic carbocycles. The van der Waals surface area contributed by atoms with E-state index in [9.17, 15) is 18.0 Å². The van der Waals surface area contributed by atoms with Crippen LogP contribution in [0.2, 0.25) is 0 Å². The summed E-state index contributed by atoms with van der Waals surface area (Å²) in [6.45, 7) is 1.66. The Hall–Kier alpha value is -1.56. The molecule has 6 heteroatoms. The average molecular weight is 261 g/mol. The molecule has 0 radical (unpaired) electrons. The summed E-state index contributed by atoms with van der Waals surface area (Å²) >= 11 is 0. The Balaban J connectivity index is 2.76. The lowest BCUT2D eigenvalue weighted by Gasteiger charge is -2.13. The fourth-order valence-corrected chi connectivity index (χ4v) is 1.47. The third-order valence-corrected chi connectivity index (χ3v) is 2.45. The molecule has 2 N–H and O–H groups in total. The van der Waals surface area contributed by atoms with Crippen molar-refractivity contribution in [2.75, 3.05) is 6.61 Å². The Morgan fingerprint density at radius 2 is 2.00 bits per heavy atom. The molecule has 3 nitrogen and oxygen atoms in total. The molecule has 0 heterocycles. The third kappa shape index (κ3) is 3.46. The van der Waals surface area contributed by atoms with Crippen LogP contribution in [-0.4, -0.2) is 23.7 Å². The first-order chi connectivity index (χ1) is 8.47. The second kappa shape index (κ2) is 6.39. The molecule has 1 atom stereocenters. The topological polar surface area (TPSA) is 49.3 Å². The van der Waals surface area contributed by atoms with E-state index in [2.05, 4.69) is 5.32 Å². The molecule has 0 bridgehead atoms. The third-order valence-electron chi connectivity index (χ3n) is 2.45. The van der Waals surface area contributed by atoms with Crippen LogP contribution in [0.25, 0.3) is 0 Å². The highest BCUT2D eigenvalue weighted by Crippen LogP contribution is 2.15. The molecule has 0 aliphatic rings. The summed E-state index contributed by atoms with van der Waals surface area (Å²) < 4.78 is 38.9. The van der Waals surface area contributed by atoms with Gasteiger partial charge in [-0.05, 0) is 31.9 Å². The molecule has 1 aromatic rings. The molecule has 1 unspecified atom stereocenters. The Bertz CT molecular complexity index is 438. The zero-order valence-corrected chi connectivity index (χ0v) is 9.84. The average Bonchev–Trinajstić information content (AvgIpc) is 2.33. The van der Waals surface area contributed by atoms with Gasteiger partial charge in [0.05, 0.1) is 5.56 Å². The fraction of sp³-hybridized carbons (Fsp3) is 0.417. The van der Waals surface area contributed by atoms with E-state index in [4.69, 9.17) is 5.11 Å². The number of carbonyl (C=O) groups excluding carboxylic acids is 1. The van der Waals surface area contributed by atoms with Crippen LogP contribution in [0.3, 0.4) is 0 Å². The molecule has 1 amide bonds. The van der Waals surface area contributed by atoms with Gasteiger partial charge in [-0.2, -0.15) is 0 Å². The van der Waals surface area contributed by atoms with Crippen molar-refractivity contribution in [3.8, 4) is 0 Å². The number of amides is 1. The second-order valence-corrected chi connectivity index (χ2v) is 3.96. The number of rotatable bonds is 5. The van der Waals surface area contributed by atoms with Crippen molar-refractivity contribution in [2.24, 2.45) is 0 Å². The van der Waals surface area contributed by atoms with Gasteiger partial charge in [-0.1, -0.05) is 0 Å². The van der Waals surface area contributed by atoms with Crippen LogP contribution >= 0.6 is 0 Å². The molecule has 0 fully saturated rings. The van der Waals surface area contributed by atoms with Crippen LogP contribution in [0.15, 0.2) is 12.1 Å². The Labute approximate surface area is 103 Å². The monoisotopic (exact) mass is 261 g/mol. The standard InChI is InChI=1S/C12H14F3NO2/c1-7(3-2-6-17)16-12(18)8-4-5-9(13)11(15)10(8)14/h4-5,7,17H,2-3,6H2,1H3,(H,16,18). The van der Waals surface area contributed by atoms with Crippen molar-refractivity contribution in [3.63, 3.8) is 0 Å². The first-order valence-corrected chi connectivity index (χ1v) is 5.52. The SMILES string of the molecule is CC(CCCO)NC(=O)c1ccc(F)c(F)c1F. The Morgan fingerprint density at radius 3 is 2.61 bits per heavy atom. The molecule has 100 valence electrons. The van der Waals surface area contributed by atoms with Crippen molar-refractivity contribution >= 4 is 5.91 Å². The van der Waals surface area contributed by atoms with Crippen molar-refractivity contribution in [3.05, 3.63) is 35.1 Å². The minimum Gasteiger partial charge on any atom is -0.396 e. The van der Waals surface area contributed by atoms with E-state index in [1.807, 2.05) is 0 Å². The van der Waals surface area contributed by atoms with Crippen LogP contribution < -0.4 is 5.32 Å². The van der Waals surface area contributed by atoms with E-state index in [1.54, 1.807) is 6.92 Å². The van der Waals surface area contributed by atoms with Gasteiger partial charge >= 0.3 is 0 Å². The highest BCUT2D eigenvalue weighted by atomic mass is 19.2. The summed E-state index contributed by atoms with van der Waals surface area (Å²) in [6.07, 6.45) is 0.995. The van der Waals surface area contributed by atoms with Crippen LogP contribution in [0.1, 0.15) is 30.1 Å². The number of benzene rings is 1. The van der Waals surface area contributed by atoms with Gasteiger partial charge in [0.25, 0.3) is 5.91 Å². The van der Waals surface area contributed by atoms with E-state index in [1.165, 1.54) is 0 Å². The quantitative estimate of drug-likeness (QED) is 0.796. The van der Waals surface area contributed by atoms with Gasteiger partial charge in [-0.15, -0.1) is 0 Å². The van der Waals surface area contributed by atoms with Gasteiger partial charge in [0, 0.05) is 12.6 Å². The Morgan fingerprint density at radius 1 is 1.33 bits per heavy atom. The number of hydrogen-bond acceptors (Lipinski definition) is 2. The molecule has 18 heavy (non-hydrogen) atoms. The van der Waals surface area contributed by atoms with Gasteiger partial charge in [0.1, 0.15) is 0 Å². The van der Waals surface area contributed by atoms with Crippen LogP contribution in [0.4, 0.5) is 13.2 Å². The van der Waals surface area contributed by atoms with Crippen LogP contribution in [0, 0.1) is 17.5 Å². The maximum atomic E-state index is 13.3. The number of aliphatic hydroxyl groups excluding tert-OH is 1. The molecule has 0 spiro atoms. The summed E-state index contributed by atoms with van der Waals surface area (Å²) in [6, 6.07) is 1.30. The molecule has 0 saturated carbocycles. The largest absolute Gasteiger partial charge is 0.396 e. The van der Waals surface area contributed by atoms with Crippen molar-refractivity contribution in [2.45, 2.75) is 25.8 Å². The number of hydrogen-bond donors (Lipinski definition) is 2. The number of halogens is 3. The molecule has 1 rings (SSSR count). The minimum atomic E-state index is -1.66. The summed E-state index contributed by atoms with van der Waals surface area (Å²) in [5, 5.41) is 11.1. The smallest absolute Gasteiger partial charge is 0.254 e. The summed E-state index contributed by atoms with van der Waals surface area (Å²) in [5.41, 5.74) is -0.537. The minimum absolute atomic E-state index is 0.0141. The fourth-order valence-electron chi connectivity index (χ4n) is 1.47. The molecular weight excluding hydrogens is 247 g/mol. The Kier molecular flexibility index (Phi) is 5.15. The normalized spacial score (nSPS) is 12.3. The van der Waals surface area contributed by atoms with Gasteiger partial charge in [-0.3, -0.25) is 4.79 Å². The van der Waals surface area contributed by atoms with E-state index < -0.39 is 28.9 Å². The first-order valence-electron chi connectivity index (χ1n) is 5.52. The number of nitrogens with one attached hydrogen (secondary N) is 1. The molecule has 1 aromatic carbocycles. The summed E-state index contributed by atoms with van der Waals surface area (Å²) in [4.78, 5) is 11.6. The van der Waals surface area contributed by atoms with E-state index in [-0.39, 0.29) is 12.6 Å².